The Balaban J connectivity index is 0.00000243. The van der Waals surface area contributed by atoms with Crippen LogP contribution in [0.1, 0.15) is 39.2 Å². The predicted molar refractivity (Wildman–Crippen MR) is 110 cm³/mol. The van der Waals surface area contributed by atoms with Crippen LogP contribution in [0.3, 0.4) is 0 Å². The summed E-state index contributed by atoms with van der Waals surface area (Å²) in [4.78, 5) is 4.54. The average Bonchev–Trinajstić information content (AvgIpc) is 2.60. The molecule has 0 bridgehead atoms. The molecule has 3 atom stereocenters. The van der Waals surface area contributed by atoms with Crippen LogP contribution in [0.5, 0.6) is 0 Å². The fourth-order valence-electron chi connectivity index (χ4n) is 4.09. The van der Waals surface area contributed by atoms with Gasteiger partial charge in [0.1, 0.15) is 0 Å². The largest absolute Gasteiger partial charge is 0.377 e. The number of aliphatic imine (C=N–C) groups is 1. The zero-order chi connectivity index (χ0) is 18.0. The van der Waals surface area contributed by atoms with Gasteiger partial charge in [-0.15, -0.1) is 24.0 Å². The number of hydrogen-bond acceptors (Lipinski definition) is 2. The van der Waals surface area contributed by atoms with Gasteiger partial charge in [-0.25, -0.2) is 13.8 Å². The molecule has 0 spiro atoms. The van der Waals surface area contributed by atoms with E-state index < -0.39 is 11.6 Å². The number of fused-ring (bicyclic) bond motifs is 1. The van der Waals surface area contributed by atoms with Crippen LogP contribution < -0.4 is 10.6 Å². The summed E-state index contributed by atoms with van der Waals surface area (Å²) in [6, 6.07) is 4.19. The number of rotatable bonds is 4. The molecule has 1 aromatic rings. The molecule has 1 saturated heterocycles. The molecule has 3 unspecified atom stereocenters. The Bertz CT molecular complexity index is 654. The van der Waals surface area contributed by atoms with Gasteiger partial charge in [0.25, 0.3) is 0 Å². The van der Waals surface area contributed by atoms with Crippen molar-refractivity contribution in [3.63, 3.8) is 0 Å². The monoisotopic (exact) mass is 479 g/mol. The van der Waals surface area contributed by atoms with Crippen LogP contribution in [-0.2, 0) is 11.3 Å². The van der Waals surface area contributed by atoms with E-state index >= 15 is 0 Å². The van der Waals surface area contributed by atoms with Gasteiger partial charge in [0.05, 0.1) is 12.6 Å². The minimum Gasteiger partial charge on any atom is -0.377 e. The quantitative estimate of drug-likeness (QED) is 0.392. The summed E-state index contributed by atoms with van der Waals surface area (Å²) in [7, 11) is 0. The van der Waals surface area contributed by atoms with Crippen molar-refractivity contribution in [3.05, 3.63) is 35.4 Å². The van der Waals surface area contributed by atoms with Crippen molar-refractivity contribution in [2.45, 2.75) is 52.3 Å². The lowest BCUT2D eigenvalue weighted by Gasteiger charge is -2.60. The van der Waals surface area contributed by atoms with Crippen molar-refractivity contribution in [3.8, 4) is 0 Å². The minimum absolute atomic E-state index is 0. The third-order valence-electron chi connectivity index (χ3n) is 5.37. The maximum Gasteiger partial charge on any atom is 0.191 e. The van der Waals surface area contributed by atoms with E-state index in [2.05, 4.69) is 29.5 Å². The number of nitrogens with one attached hydrogen (secondary N) is 2. The Hall–Kier alpha value is -0.960. The standard InChI is InChI=1S/C19H27F2N3O.HI/c1-4-22-18(23-11-12-7-8-14(20)15(21)10-12)24-16-13-6-5-9-25-17(13)19(16,2)3;/h7-8,10,13,16-17H,4-6,9,11H2,1-3H3,(H2,22,23,24);1H. The third-order valence-corrected chi connectivity index (χ3v) is 5.37. The molecule has 1 aromatic carbocycles. The van der Waals surface area contributed by atoms with Crippen molar-refractivity contribution >= 4 is 29.9 Å². The van der Waals surface area contributed by atoms with E-state index in [0.717, 1.165) is 32.1 Å². The van der Waals surface area contributed by atoms with Crippen LogP contribution in [0.25, 0.3) is 0 Å². The van der Waals surface area contributed by atoms with Crippen LogP contribution in [0.4, 0.5) is 8.78 Å². The summed E-state index contributed by atoms with van der Waals surface area (Å²) >= 11 is 0. The molecule has 7 heteroatoms. The lowest BCUT2D eigenvalue weighted by Crippen LogP contribution is -2.71. The highest BCUT2D eigenvalue weighted by molar-refractivity contribution is 14.0. The van der Waals surface area contributed by atoms with Crippen LogP contribution in [0, 0.1) is 23.0 Å². The van der Waals surface area contributed by atoms with Crippen molar-refractivity contribution in [2.24, 2.45) is 16.3 Å². The summed E-state index contributed by atoms with van der Waals surface area (Å²) in [6.45, 7) is 8.33. The number of guanidine groups is 1. The molecule has 0 aromatic heterocycles. The molecule has 1 aliphatic carbocycles. The number of hydrogen-bond donors (Lipinski definition) is 2. The van der Waals surface area contributed by atoms with Gasteiger partial charge < -0.3 is 15.4 Å². The van der Waals surface area contributed by atoms with Gasteiger partial charge in [0.2, 0.25) is 0 Å². The van der Waals surface area contributed by atoms with Crippen molar-refractivity contribution in [1.29, 1.82) is 0 Å². The second-order valence-electron chi connectivity index (χ2n) is 7.48. The Labute approximate surface area is 171 Å². The van der Waals surface area contributed by atoms with E-state index in [1.165, 1.54) is 6.07 Å². The Kier molecular flexibility index (Phi) is 7.24. The first kappa shape index (κ1) is 21.3. The summed E-state index contributed by atoms with van der Waals surface area (Å²) in [5.74, 6) is -0.476. The van der Waals surface area contributed by atoms with Gasteiger partial charge in [-0.05, 0) is 37.5 Å². The highest BCUT2D eigenvalue weighted by atomic mass is 127. The van der Waals surface area contributed by atoms with Crippen LogP contribution >= 0.6 is 24.0 Å². The second-order valence-corrected chi connectivity index (χ2v) is 7.48. The van der Waals surface area contributed by atoms with E-state index in [1.54, 1.807) is 6.07 Å². The third kappa shape index (κ3) is 4.30. The Morgan fingerprint density at radius 1 is 1.31 bits per heavy atom. The summed E-state index contributed by atoms with van der Waals surface area (Å²) in [5, 5.41) is 6.77. The number of nitrogens with zero attached hydrogens (tertiary/aromatic N) is 1. The van der Waals surface area contributed by atoms with E-state index in [-0.39, 0.29) is 29.4 Å². The SMILES string of the molecule is CCNC(=NCc1ccc(F)c(F)c1)NC1C2CCCOC2C1(C)C.I. The van der Waals surface area contributed by atoms with E-state index in [4.69, 9.17) is 4.74 Å². The highest BCUT2D eigenvalue weighted by Crippen LogP contribution is 2.51. The van der Waals surface area contributed by atoms with Gasteiger partial charge in [-0.2, -0.15) is 0 Å². The van der Waals surface area contributed by atoms with Crippen molar-refractivity contribution in [2.75, 3.05) is 13.2 Å². The normalized spacial score (nSPS) is 27.0. The first-order chi connectivity index (χ1) is 11.9. The van der Waals surface area contributed by atoms with Gasteiger partial charge >= 0.3 is 0 Å². The number of ether oxygens (including phenoxy) is 1. The zero-order valence-corrected chi connectivity index (χ0v) is 17.8. The summed E-state index contributed by atoms with van der Waals surface area (Å²) in [5.41, 5.74) is 0.686. The van der Waals surface area contributed by atoms with Gasteiger partial charge in [-0.1, -0.05) is 19.9 Å². The maximum absolute atomic E-state index is 13.3. The second kappa shape index (κ2) is 8.82. The molecule has 2 aliphatic rings. The van der Waals surface area contributed by atoms with Gasteiger partial charge in [-0.3, -0.25) is 0 Å². The maximum atomic E-state index is 13.3. The Morgan fingerprint density at radius 2 is 2.08 bits per heavy atom. The molecule has 26 heavy (non-hydrogen) atoms. The topological polar surface area (TPSA) is 45.7 Å². The fraction of sp³-hybridized carbons (Fsp3) is 0.632. The molecule has 4 nitrogen and oxygen atoms in total. The van der Waals surface area contributed by atoms with Gasteiger partial charge in [0.15, 0.2) is 17.6 Å². The van der Waals surface area contributed by atoms with Crippen LogP contribution in [0.15, 0.2) is 23.2 Å². The minimum atomic E-state index is -0.840. The fourth-order valence-corrected chi connectivity index (χ4v) is 4.09. The summed E-state index contributed by atoms with van der Waals surface area (Å²) in [6.07, 6.45) is 2.56. The molecular weight excluding hydrogens is 451 g/mol. The van der Waals surface area contributed by atoms with Crippen molar-refractivity contribution in [1.82, 2.24) is 10.6 Å². The lowest BCUT2D eigenvalue weighted by molar-refractivity contribution is -0.188. The molecule has 146 valence electrons. The summed E-state index contributed by atoms with van der Waals surface area (Å²) < 4.78 is 32.3. The number of benzene rings is 1. The highest BCUT2D eigenvalue weighted by Gasteiger charge is 2.58. The Morgan fingerprint density at radius 3 is 2.77 bits per heavy atom. The van der Waals surface area contributed by atoms with E-state index in [1.807, 2.05) is 6.92 Å². The predicted octanol–water partition coefficient (Wildman–Crippen LogP) is 3.84. The molecule has 3 rings (SSSR count). The van der Waals surface area contributed by atoms with Gasteiger partial charge in [0, 0.05) is 30.5 Å². The molecule has 0 amide bonds. The molecular formula is C19H28F2IN3O. The van der Waals surface area contributed by atoms with Crippen LogP contribution in [-0.4, -0.2) is 31.3 Å². The molecule has 1 aliphatic heterocycles. The van der Waals surface area contributed by atoms with E-state index in [0.29, 0.717) is 36.1 Å². The zero-order valence-electron chi connectivity index (χ0n) is 15.5. The molecule has 1 heterocycles. The molecule has 0 radical (unpaired) electrons. The lowest BCUT2D eigenvalue weighted by atomic mass is 9.55. The molecule has 1 saturated carbocycles. The first-order valence-electron chi connectivity index (χ1n) is 9.04. The van der Waals surface area contributed by atoms with Crippen LogP contribution in [0.2, 0.25) is 0 Å². The number of halogens is 3. The van der Waals surface area contributed by atoms with E-state index in [9.17, 15) is 8.78 Å². The molecule has 2 N–H and O–H groups in total. The first-order valence-corrected chi connectivity index (χ1v) is 9.04. The smallest absolute Gasteiger partial charge is 0.191 e. The molecule has 2 fully saturated rings. The van der Waals surface area contributed by atoms with Crippen molar-refractivity contribution < 1.29 is 13.5 Å². The average molecular weight is 479 g/mol.